The van der Waals surface area contributed by atoms with Crippen molar-refractivity contribution in [1.82, 2.24) is 4.90 Å². The van der Waals surface area contributed by atoms with Gasteiger partial charge in [-0.15, -0.1) is 0 Å². The third kappa shape index (κ3) is 4.81. The summed E-state index contributed by atoms with van der Waals surface area (Å²) in [7, 11) is 3.34. The molecule has 4 nitrogen and oxygen atoms in total. The fraction of sp³-hybridized carbons (Fsp3) is 0.200. The highest BCUT2D eigenvalue weighted by molar-refractivity contribution is 6.07. The van der Waals surface area contributed by atoms with Gasteiger partial charge in [-0.1, -0.05) is 42.5 Å². The molecule has 0 aliphatic heterocycles. The summed E-state index contributed by atoms with van der Waals surface area (Å²) in [5.41, 5.74) is 2.64. The molecule has 1 amide bonds. The normalized spacial score (nSPS) is 10.6. The number of ether oxygens (including phenoxy) is 1. The number of rotatable bonds is 6. The molecule has 0 saturated heterocycles. The van der Waals surface area contributed by atoms with Crippen LogP contribution in [0.1, 0.15) is 21.5 Å². The van der Waals surface area contributed by atoms with Gasteiger partial charge in [-0.25, -0.2) is 0 Å². The van der Waals surface area contributed by atoms with Gasteiger partial charge >= 0.3 is 0 Å². The van der Waals surface area contributed by atoms with Crippen molar-refractivity contribution in [3.8, 4) is 5.75 Å². The third-order valence-corrected chi connectivity index (χ3v) is 3.58. The molecule has 0 spiro atoms. The SMILES string of the molecule is Cc1ccccc1/C=C/C(=O)c1cccc(OCC(=O)N(C)C)c1. The van der Waals surface area contributed by atoms with Crippen molar-refractivity contribution < 1.29 is 14.3 Å². The molecule has 124 valence electrons. The van der Waals surface area contributed by atoms with Crippen LogP contribution in [0, 0.1) is 6.92 Å². The van der Waals surface area contributed by atoms with E-state index in [9.17, 15) is 9.59 Å². The largest absolute Gasteiger partial charge is 0.484 e. The molecule has 0 heterocycles. The monoisotopic (exact) mass is 323 g/mol. The molecule has 0 aliphatic rings. The van der Waals surface area contributed by atoms with E-state index in [1.165, 1.54) is 4.90 Å². The number of amides is 1. The first-order valence-electron chi connectivity index (χ1n) is 7.68. The predicted molar refractivity (Wildman–Crippen MR) is 95.2 cm³/mol. The highest BCUT2D eigenvalue weighted by Gasteiger charge is 2.07. The van der Waals surface area contributed by atoms with Crippen LogP contribution in [0.5, 0.6) is 5.75 Å². The van der Waals surface area contributed by atoms with Crippen LogP contribution in [0.15, 0.2) is 54.6 Å². The summed E-state index contributed by atoms with van der Waals surface area (Å²) < 4.78 is 5.43. The van der Waals surface area contributed by atoms with Crippen molar-refractivity contribution in [3.05, 3.63) is 71.3 Å². The molecule has 24 heavy (non-hydrogen) atoms. The van der Waals surface area contributed by atoms with Gasteiger partial charge in [0.25, 0.3) is 5.91 Å². The Kier molecular flexibility index (Phi) is 5.90. The van der Waals surface area contributed by atoms with Crippen LogP contribution in [0.2, 0.25) is 0 Å². The summed E-state index contributed by atoms with van der Waals surface area (Å²) >= 11 is 0. The second-order valence-corrected chi connectivity index (χ2v) is 5.66. The van der Waals surface area contributed by atoms with Gasteiger partial charge in [0.05, 0.1) is 0 Å². The van der Waals surface area contributed by atoms with E-state index in [1.807, 2.05) is 31.2 Å². The number of carbonyl (C=O) groups is 2. The molecule has 4 heteroatoms. The highest BCUT2D eigenvalue weighted by Crippen LogP contribution is 2.15. The minimum absolute atomic E-state index is 0.0519. The number of likely N-dealkylation sites (N-methyl/N-ethyl adjacent to an activating group) is 1. The first-order chi connectivity index (χ1) is 11.5. The van der Waals surface area contributed by atoms with Crippen molar-refractivity contribution in [2.75, 3.05) is 20.7 Å². The summed E-state index contributed by atoms with van der Waals surface area (Å²) in [6.07, 6.45) is 3.35. The summed E-state index contributed by atoms with van der Waals surface area (Å²) in [6.45, 7) is 1.95. The van der Waals surface area contributed by atoms with Crippen molar-refractivity contribution in [2.45, 2.75) is 6.92 Å². The van der Waals surface area contributed by atoms with E-state index >= 15 is 0 Å². The fourth-order valence-corrected chi connectivity index (χ4v) is 2.05. The zero-order valence-corrected chi connectivity index (χ0v) is 14.2. The molecule has 0 aromatic heterocycles. The number of hydrogen-bond acceptors (Lipinski definition) is 3. The van der Waals surface area contributed by atoms with Crippen LogP contribution < -0.4 is 4.74 Å². The van der Waals surface area contributed by atoms with Gasteiger partial charge in [-0.2, -0.15) is 0 Å². The van der Waals surface area contributed by atoms with E-state index in [-0.39, 0.29) is 18.3 Å². The molecule has 0 atom stereocenters. The molecule has 0 radical (unpaired) electrons. The lowest BCUT2D eigenvalue weighted by atomic mass is 10.1. The zero-order valence-electron chi connectivity index (χ0n) is 14.2. The van der Waals surface area contributed by atoms with Gasteiger partial charge in [0.2, 0.25) is 0 Å². The quantitative estimate of drug-likeness (QED) is 0.605. The summed E-state index contributed by atoms with van der Waals surface area (Å²) in [5, 5.41) is 0. The minimum Gasteiger partial charge on any atom is -0.484 e. The average Bonchev–Trinajstić information content (AvgIpc) is 2.58. The smallest absolute Gasteiger partial charge is 0.259 e. The van der Waals surface area contributed by atoms with Crippen molar-refractivity contribution >= 4 is 17.8 Å². The van der Waals surface area contributed by atoms with Gasteiger partial charge in [-0.05, 0) is 36.3 Å². The second kappa shape index (κ2) is 8.11. The summed E-state index contributed by atoms with van der Waals surface area (Å²) in [5.74, 6) is 0.258. The lowest BCUT2D eigenvalue weighted by molar-refractivity contribution is -0.130. The Bertz CT molecular complexity index is 763. The number of benzene rings is 2. The topological polar surface area (TPSA) is 46.6 Å². The number of carbonyl (C=O) groups excluding carboxylic acids is 2. The van der Waals surface area contributed by atoms with Gasteiger partial charge in [0.1, 0.15) is 5.75 Å². The molecule has 0 N–H and O–H groups in total. The van der Waals surface area contributed by atoms with Crippen LogP contribution in [0.25, 0.3) is 6.08 Å². The van der Waals surface area contributed by atoms with Gasteiger partial charge in [0, 0.05) is 19.7 Å². The maximum atomic E-state index is 12.3. The Labute approximate surface area is 142 Å². The van der Waals surface area contributed by atoms with Crippen LogP contribution in [-0.4, -0.2) is 37.3 Å². The average molecular weight is 323 g/mol. The van der Waals surface area contributed by atoms with Crippen molar-refractivity contribution in [1.29, 1.82) is 0 Å². The molecule has 2 aromatic rings. The second-order valence-electron chi connectivity index (χ2n) is 5.66. The Morgan fingerprint density at radius 2 is 1.83 bits per heavy atom. The number of nitrogens with zero attached hydrogens (tertiary/aromatic N) is 1. The maximum absolute atomic E-state index is 12.3. The van der Waals surface area contributed by atoms with E-state index in [0.717, 1.165) is 11.1 Å². The lowest BCUT2D eigenvalue weighted by Gasteiger charge is -2.11. The van der Waals surface area contributed by atoms with E-state index in [0.29, 0.717) is 11.3 Å². The fourth-order valence-electron chi connectivity index (χ4n) is 2.05. The van der Waals surface area contributed by atoms with Crippen molar-refractivity contribution in [3.63, 3.8) is 0 Å². The Balaban J connectivity index is 2.06. The highest BCUT2D eigenvalue weighted by atomic mass is 16.5. The third-order valence-electron chi connectivity index (χ3n) is 3.58. The van der Waals surface area contributed by atoms with Gasteiger partial charge < -0.3 is 9.64 Å². The molecular formula is C20H21NO3. The van der Waals surface area contributed by atoms with E-state index < -0.39 is 0 Å². The summed E-state index contributed by atoms with van der Waals surface area (Å²) in [6, 6.07) is 14.7. The van der Waals surface area contributed by atoms with Crippen LogP contribution in [0.4, 0.5) is 0 Å². The molecule has 0 saturated carbocycles. The van der Waals surface area contributed by atoms with E-state index in [1.54, 1.807) is 50.5 Å². The molecule has 0 bridgehead atoms. The van der Waals surface area contributed by atoms with Crippen LogP contribution in [0.3, 0.4) is 0 Å². The van der Waals surface area contributed by atoms with Crippen LogP contribution >= 0.6 is 0 Å². The van der Waals surface area contributed by atoms with Gasteiger partial charge in [-0.3, -0.25) is 9.59 Å². The predicted octanol–water partition coefficient (Wildman–Crippen LogP) is 3.36. The number of allylic oxidation sites excluding steroid dienone is 1. The van der Waals surface area contributed by atoms with Gasteiger partial charge in [0.15, 0.2) is 12.4 Å². The zero-order chi connectivity index (χ0) is 17.5. The minimum atomic E-state index is -0.133. The maximum Gasteiger partial charge on any atom is 0.259 e. The first kappa shape index (κ1) is 17.5. The molecule has 2 rings (SSSR count). The van der Waals surface area contributed by atoms with E-state index in [4.69, 9.17) is 4.74 Å². The Morgan fingerprint density at radius 3 is 2.54 bits per heavy atom. The molecular weight excluding hydrogens is 302 g/mol. The number of hydrogen-bond donors (Lipinski definition) is 0. The molecule has 0 fully saturated rings. The van der Waals surface area contributed by atoms with Crippen LogP contribution in [-0.2, 0) is 4.79 Å². The Hall–Kier alpha value is -2.88. The molecule has 2 aromatic carbocycles. The standard InChI is InChI=1S/C20H21NO3/c1-15-7-4-5-8-16(15)11-12-19(22)17-9-6-10-18(13-17)24-14-20(23)21(2)3/h4-13H,14H2,1-3H3/b12-11+. The lowest BCUT2D eigenvalue weighted by Crippen LogP contribution is -2.27. The van der Waals surface area contributed by atoms with E-state index in [2.05, 4.69) is 0 Å². The first-order valence-corrected chi connectivity index (χ1v) is 7.68. The number of ketones is 1. The summed E-state index contributed by atoms with van der Waals surface area (Å²) in [4.78, 5) is 25.3. The van der Waals surface area contributed by atoms with Crippen molar-refractivity contribution in [2.24, 2.45) is 0 Å². The molecule has 0 aliphatic carbocycles. The Morgan fingerprint density at radius 1 is 1.08 bits per heavy atom. The molecule has 0 unspecified atom stereocenters. The number of aryl methyl sites for hydroxylation is 1.